The van der Waals surface area contributed by atoms with Crippen molar-refractivity contribution in [1.82, 2.24) is 19.6 Å². The fourth-order valence-electron chi connectivity index (χ4n) is 1.69. The first-order valence-corrected chi connectivity index (χ1v) is 6.11. The number of nitrogens with one attached hydrogen (secondary N) is 1. The van der Waals surface area contributed by atoms with Crippen LogP contribution < -0.4 is 5.32 Å². The minimum Gasteiger partial charge on any atom is -0.481 e. The SMILES string of the molecule is CCC(C)(CNc1cc(C)nc2ncnn12)C(=O)O. The van der Waals surface area contributed by atoms with Gasteiger partial charge < -0.3 is 10.4 Å². The molecule has 7 heteroatoms. The molecule has 2 aromatic heterocycles. The summed E-state index contributed by atoms with van der Waals surface area (Å²) in [6.45, 7) is 5.75. The van der Waals surface area contributed by atoms with Crippen LogP contribution >= 0.6 is 0 Å². The Morgan fingerprint density at radius 2 is 2.32 bits per heavy atom. The normalized spacial score (nSPS) is 14.3. The van der Waals surface area contributed by atoms with Gasteiger partial charge in [-0.25, -0.2) is 4.98 Å². The standard InChI is InChI=1S/C12H17N5O2/c1-4-12(3,10(18)19)6-13-9-5-8(2)16-11-14-7-15-17(9)11/h5,7,13H,4,6H2,1-3H3,(H,18,19). The van der Waals surface area contributed by atoms with E-state index in [1.165, 1.54) is 6.33 Å². The highest BCUT2D eigenvalue weighted by Crippen LogP contribution is 2.22. The highest BCUT2D eigenvalue weighted by atomic mass is 16.4. The third-order valence-corrected chi connectivity index (χ3v) is 3.34. The summed E-state index contributed by atoms with van der Waals surface area (Å²) >= 11 is 0. The zero-order valence-electron chi connectivity index (χ0n) is 11.2. The van der Waals surface area contributed by atoms with Crippen LogP contribution in [0.25, 0.3) is 5.78 Å². The molecule has 1 atom stereocenters. The Morgan fingerprint density at radius 1 is 1.58 bits per heavy atom. The van der Waals surface area contributed by atoms with Gasteiger partial charge in [0, 0.05) is 18.3 Å². The van der Waals surface area contributed by atoms with Gasteiger partial charge in [-0.1, -0.05) is 6.92 Å². The summed E-state index contributed by atoms with van der Waals surface area (Å²) in [5, 5.41) is 16.4. The number of nitrogens with zero attached hydrogens (tertiary/aromatic N) is 4. The van der Waals surface area contributed by atoms with Crippen molar-refractivity contribution in [3.05, 3.63) is 18.1 Å². The zero-order valence-corrected chi connectivity index (χ0v) is 11.2. The summed E-state index contributed by atoms with van der Waals surface area (Å²) in [7, 11) is 0. The number of fused-ring (bicyclic) bond motifs is 1. The van der Waals surface area contributed by atoms with E-state index in [0.29, 0.717) is 24.6 Å². The smallest absolute Gasteiger partial charge is 0.311 e. The number of carboxylic acids is 1. The number of aliphatic carboxylic acids is 1. The lowest BCUT2D eigenvalue weighted by Gasteiger charge is -2.23. The lowest BCUT2D eigenvalue weighted by molar-refractivity contribution is -0.147. The van der Waals surface area contributed by atoms with E-state index in [4.69, 9.17) is 0 Å². The van der Waals surface area contributed by atoms with Gasteiger partial charge in [0.05, 0.1) is 5.41 Å². The van der Waals surface area contributed by atoms with Crippen LogP contribution in [-0.4, -0.2) is 37.2 Å². The molecule has 2 N–H and O–H groups in total. The zero-order chi connectivity index (χ0) is 14.0. The van der Waals surface area contributed by atoms with Gasteiger partial charge >= 0.3 is 5.97 Å². The third kappa shape index (κ3) is 2.49. The first-order chi connectivity index (χ1) is 8.96. The van der Waals surface area contributed by atoms with Crippen molar-refractivity contribution in [2.75, 3.05) is 11.9 Å². The maximum absolute atomic E-state index is 11.3. The number of hydrogen-bond acceptors (Lipinski definition) is 5. The number of anilines is 1. The fraction of sp³-hybridized carbons (Fsp3) is 0.500. The van der Waals surface area contributed by atoms with Crippen molar-refractivity contribution in [2.24, 2.45) is 5.41 Å². The molecule has 0 amide bonds. The molecule has 0 saturated heterocycles. The Hall–Kier alpha value is -2.18. The highest BCUT2D eigenvalue weighted by Gasteiger charge is 2.31. The molecule has 0 bridgehead atoms. The quantitative estimate of drug-likeness (QED) is 0.845. The fourth-order valence-corrected chi connectivity index (χ4v) is 1.69. The average molecular weight is 263 g/mol. The van der Waals surface area contributed by atoms with Crippen LogP contribution in [0.3, 0.4) is 0 Å². The van der Waals surface area contributed by atoms with Gasteiger partial charge in [0.15, 0.2) is 0 Å². The van der Waals surface area contributed by atoms with E-state index in [9.17, 15) is 9.90 Å². The third-order valence-electron chi connectivity index (χ3n) is 3.34. The van der Waals surface area contributed by atoms with Crippen LogP contribution in [-0.2, 0) is 4.79 Å². The molecule has 0 radical (unpaired) electrons. The van der Waals surface area contributed by atoms with Gasteiger partial charge in [0.2, 0.25) is 0 Å². The number of rotatable bonds is 5. The summed E-state index contributed by atoms with van der Waals surface area (Å²) < 4.78 is 1.56. The number of aryl methyl sites for hydroxylation is 1. The molecule has 0 fully saturated rings. The molecule has 7 nitrogen and oxygen atoms in total. The minimum atomic E-state index is -0.817. The lowest BCUT2D eigenvalue weighted by atomic mass is 9.88. The molecule has 0 aliphatic rings. The second kappa shape index (κ2) is 4.83. The van der Waals surface area contributed by atoms with Crippen LogP contribution in [0, 0.1) is 12.3 Å². The van der Waals surface area contributed by atoms with Crippen LogP contribution in [0.15, 0.2) is 12.4 Å². The Labute approximate surface area is 110 Å². The molecule has 0 aliphatic carbocycles. The van der Waals surface area contributed by atoms with E-state index in [-0.39, 0.29) is 0 Å². The predicted octanol–water partition coefficient (Wildman–Crippen LogP) is 1.35. The van der Waals surface area contributed by atoms with Crippen molar-refractivity contribution >= 4 is 17.6 Å². The molecule has 2 aromatic rings. The molecule has 1 unspecified atom stereocenters. The van der Waals surface area contributed by atoms with Gasteiger partial charge in [-0.3, -0.25) is 4.79 Å². The summed E-state index contributed by atoms with van der Waals surface area (Å²) in [4.78, 5) is 19.5. The largest absolute Gasteiger partial charge is 0.481 e. The maximum atomic E-state index is 11.3. The van der Waals surface area contributed by atoms with Gasteiger partial charge in [0.25, 0.3) is 5.78 Å². The van der Waals surface area contributed by atoms with Gasteiger partial charge in [0.1, 0.15) is 12.1 Å². The molecule has 19 heavy (non-hydrogen) atoms. The van der Waals surface area contributed by atoms with Gasteiger partial charge in [-0.05, 0) is 20.3 Å². The van der Waals surface area contributed by atoms with Crippen molar-refractivity contribution in [1.29, 1.82) is 0 Å². The number of aromatic nitrogens is 4. The van der Waals surface area contributed by atoms with Crippen molar-refractivity contribution in [3.8, 4) is 0 Å². The van der Waals surface area contributed by atoms with E-state index in [1.54, 1.807) is 11.4 Å². The van der Waals surface area contributed by atoms with E-state index in [2.05, 4.69) is 20.4 Å². The first kappa shape index (κ1) is 13.3. The Morgan fingerprint density at radius 3 is 2.95 bits per heavy atom. The molecule has 2 rings (SSSR count). The first-order valence-electron chi connectivity index (χ1n) is 6.11. The van der Waals surface area contributed by atoms with Crippen molar-refractivity contribution < 1.29 is 9.90 Å². The molecule has 0 aromatic carbocycles. The molecule has 2 heterocycles. The Bertz CT molecular complexity index is 609. The maximum Gasteiger partial charge on any atom is 0.311 e. The van der Waals surface area contributed by atoms with Gasteiger partial charge in [-0.2, -0.15) is 14.6 Å². The van der Waals surface area contributed by atoms with Crippen LogP contribution in [0.1, 0.15) is 26.0 Å². The van der Waals surface area contributed by atoms with Crippen LogP contribution in [0.5, 0.6) is 0 Å². The van der Waals surface area contributed by atoms with Crippen LogP contribution in [0.4, 0.5) is 5.82 Å². The topological polar surface area (TPSA) is 92.4 Å². The number of hydrogen-bond donors (Lipinski definition) is 2. The lowest BCUT2D eigenvalue weighted by Crippen LogP contribution is -2.34. The molecule has 0 saturated carbocycles. The van der Waals surface area contributed by atoms with Crippen molar-refractivity contribution in [2.45, 2.75) is 27.2 Å². The summed E-state index contributed by atoms with van der Waals surface area (Å²) in [6.07, 6.45) is 1.96. The molecule has 0 aliphatic heterocycles. The van der Waals surface area contributed by atoms with E-state index < -0.39 is 11.4 Å². The van der Waals surface area contributed by atoms with E-state index in [1.807, 2.05) is 19.9 Å². The van der Waals surface area contributed by atoms with E-state index >= 15 is 0 Å². The Kier molecular flexibility index (Phi) is 3.37. The van der Waals surface area contributed by atoms with Crippen molar-refractivity contribution in [3.63, 3.8) is 0 Å². The monoisotopic (exact) mass is 263 g/mol. The number of carbonyl (C=O) groups is 1. The summed E-state index contributed by atoms with van der Waals surface area (Å²) in [6, 6.07) is 1.82. The molecule has 0 spiro atoms. The number of carboxylic acid groups (broad SMARTS) is 1. The molecule has 102 valence electrons. The second-order valence-electron chi connectivity index (χ2n) is 4.83. The minimum absolute atomic E-state index is 0.317. The molecular formula is C12H17N5O2. The Balaban J connectivity index is 2.26. The summed E-state index contributed by atoms with van der Waals surface area (Å²) in [5.41, 5.74) is -0.0131. The predicted molar refractivity (Wildman–Crippen MR) is 70.0 cm³/mol. The summed E-state index contributed by atoms with van der Waals surface area (Å²) in [5.74, 6) is 0.375. The van der Waals surface area contributed by atoms with Gasteiger partial charge in [-0.15, -0.1) is 0 Å². The molecular weight excluding hydrogens is 246 g/mol. The van der Waals surface area contributed by atoms with Crippen LogP contribution in [0.2, 0.25) is 0 Å². The average Bonchev–Trinajstić information content (AvgIpc) is 2.83. The second-order valence-corrected chi connectivity index (χ2v) is 4.83. The highest BCUT2D eigenvalue weighted by molar-refractivity contribution is 5.74. The van der Waals surface area contributed by atoms with E-state index in [0.717, 1.165) is 5.69 Å².